The van der Waals surface area contributed by atoms with E-state index in [1.165, 1.54) is 0 Å². The smallest absolute Gasteiger partial charge is 0.336 e. The van der Waals surface area contributed by atoms with E-state index in [2.05, 4.69) is 4.74 Å². The quantitative estimate of drug-likeness (QED) is 0.452. The first-order valence-electron chi connectivity index (χ1n) is 4.58. The monoisotopic (exact) mass is 226 g/mol. The SMILES string of the molecule is CCC(=O)OC(=O)C(Cl)c1ccccc1. The van der Waals surface area contributed by atoms with Crippen LogP contribution in [0, 0.1) is 0 Å². The molecule has 0 aromatic heterocycles. The minimum Gasteiger partial charge on any atom is -0.392 e. The lowest BCUT2D eigenvalue weighted by Gasteiger charge is -2.07. The molecule has 0 bridgehead atoms. The van der Waals surface area contributed by atoms with Gasteiger partial charge >= 0.3 is 11.9 Å². The summed E-state index contributed by atoms with van der Waals surface area (Å²) in [7, 11) is 0. The summed E-state index contributed by atoms with van der Waals surface area (Å²) in [5.41, 5.74) is 0.619. The Balaban J connectivity index is 2.65. The normalized spacial score (nSPS) is 11.9. The van der Waals surface area contributed by atoms with Gasteiger partial charge in [-0.15, -0.1) is 11.6 Å². The van der Waals surface area contributed by atoms with Gasteiger partial charge in [0.2, 0.25) is 0 Å². The molecule has 0 aliphatic carbocycles. The topological polar surface area (TPSA) is 43.4 Å². The molecule has 15 heavy (non-hydrogen) atoms. The van der Waals surface area contributed by atoms with E-state index in [0.717, 1.165) is 0 Å². The lowest BCUT2D eigenvalue weighted by Crippen LogP contribution is -2.15. The molecule has 0 N–H and O–H groups in total. The number of ether oxygens (including phenoxy) is 1. The van der Waals surface area contributed by atoms with Gasteiger partial charge in [-0.05, 0) is 5.56 Å². The fourth-order valence-corrected chi connectivity index (χ4v) is 1.18. The molecule has 0 aliphatic rings. The number of alkyl halides is 1. The average molecular weight is 227 g/mol. The lowest BCUT2D eigenvalue weighted by atomic mass is 10.1. The summed E-state index contributed by atoms with van der Waals surface area (Å²) in [5, 5.41) is -0.929. The molecule has 1 unspecified atom stereocenters. The standard InChI is InChI=1S/C11H11ClO3/c1-2-9(13)15-11(14)10(12)8-6-4-3-5-7-8/h3-7,10H,2H2,1H3. The molecule has 0 spiro atoms. The van der Waals surface area contributed by atoms with Crippen LogP contribution >= 0.6 is 11.6 Å². The molecule has 0 saturated heterocycles. The van der Waals surface area contributed by atoms with Gasteiger partial charge in [-0.1, -0.05) is 37.3 Å². The number of hydrogen-bond acceptors (Lipinski definition) is 3. The maximum Gasteiger partial charge on any atom is 0.336 e. The van der Waals surface area contributed by atoms with Crippen LogP contribution in [0.3, 0.4) is 0 Å². The van der Waals surface area contributed by atoms with Crippen LogP contribution in [0.2, 0.25) is 0 Å². The number of carbonyl (C=O) groups is 2. The number of esters is 2. The Morgan fingerprint density at radius 2 is 1.93 bits per heavy atom. The maximum absolute atomic E-state index is 11.3. The molecular weight excluding hydrogens is 216 g/mol. The van der Waals surface area contributed by atoms with Crippen LogP contribution < -0.4 is 0 Å². The van der Waals surface area contributed by atoms with Crippen LogP contribution in [0.15, 0.2) is 30.3 Å². The van der Waals surface area contributed by atoms with Gasteiger partial charge in [0.05, 0.1) is 0 Å². The van der Waals surface area contributed by atoms with E-state index in [9.17, 15) is 9.59 Å². The molecule has 0 radical (unpaired) electrons. The third kappa shape index (κ3) is 3.36. The first-order chi connectivity index (χ1) is 7.15. The first kappa shape index (κ1) is 11.7. The van der Waals surface area contributed by atoms with Gasteiger partial charge in [0.15, 0.2) is 5.38 Å². The molecule has 0 saturated carbocycles. The highest BCUT2D eigenvalue weighted by Crippen LogP contribution is 2.21. The van der Waals surface area contributed by atoms with Crippen molar-refractivity contribution in [2.24, 2.45) is 0 Å². The second kappa shape index (κ2) is 5.51. The third-order valence-electron chi connectivity index (χ3n) is 1.80. The molecule has 1 aromatic carbocycles. The van der Waals surface area contributed by atoms with E-state index < -0.39 is 17.3 Å². The Kier molecular flexibility index (Phi) is 4.31. The molecule has 1 aromatic rings. The van der Waals surface area contributed by atoms with E-state index in [1.54, 1.807) is 31.2 Å². The van der Waals surface area contributed by atoms with Crippen molar-refractivity contribution >= 4 is 23.5 Å². The number of halogens is 1. The highest BCUT2D eigenvalue weighted by molar-refractivity contribution is 6.30. The highest BCUT2D eigenvalue weighted by Gasteiger charge is 2.21. The summed E-state index contributed by atoms with van der Waals surface area (Å²) in [6, 6.07) is 8.75. The molecule has 80 valence electrons. The molecule has 0 fully saturated rings. The second-order valence-corrected chi connectivity index (χ2v) is 3.36. The number of carbonyl (C=O) groups excluding carboxylic acids is 2. The predicted octanol–water partition coefficient (Wildman–Crippen LogP) is 2.45. The molecular formula is C11H11ClO3. The summed E-state index contributed by atoms with van der Waals surface area (Å²) < 4.78 is 4.51. The van der Waals surface area contributed by atoms with E-state index >= 15 is 0 Å². The van der Waals surface area contributed by atoms with Crippen molar-refractivity contribution in [1.29, 1.82) is 0 Å². The van der Waals surface area contributed by atoms with Crippen LogP contribution in [-0.4, -0.2) is 11.9 Å². The van der Waals surface area contributed by atoms with Crippen LogP contribution in [0.25, 0.3) is 0 Å². The molecule has 0 amide bonds. The second-order valence-electron chi connectivity index (χ2n) is 2.92. The number of hydrogen-bond donors (Lipinski definition) is 0. The number of rotatable bonds is 3. The van der Waals surface area contributed by atoms with E-state index in [1.807, 2.05) is 6.07 Å². The van der Waals surface area contributed by atoms with Crippen LogP contribution in [0.4, 0.5) is 0 Å². The van der Waals surface area contributed by atoms with Crippen molar-refractivity contribution in [2.75, 3.05) is 0 Å². The zero-order valence-corrected chi connectivity index (χ0v) is 9.03. The summed E-state index contributed by atoms with van der Waals surface area (Å²) in [6.07, 6.45) is 0.157. The minimum atomic E-state index is -0.929. The molecule has 3 nitrogen and oxygen atoms in total. The maximum atomic E-state index is 11.3. The van der Waals surface area contributed by atoms with Gasteiger partial charge in [-0.25, -0.2) is 4.79 Å². The van der Waals surface area contributed by atoms with Gasteiger partial charge in [0.25, 0.3) is 0 Å². The fourth-order valence-electron chi connectivity index (χ4n) is 0.994. The summed E-state index contributed by atoms with van der Waals surface area (Å²) in [4.78, 5) is 22.2. The highest BCUT2D eigenvalue weighted by atomic mass is 35.5. The first-order valence-corrected chi connectivity index (χ1v) is 5.02. The van der Waals surface area contributed by atoms with Crippen molar-refractivity contribution in [3.63, 3.8) is 0 Å². The largest absolute Gasteiger partial charge is 0.392 e. The Hall–Kier alpha value is -1.35. The average Bonchev–Trinajstić information content (AvgIpc) is 2.29. The molecule has 0 heterocycles. The lowest BCUT2D eigenvalue weighted by molar-refractivity contribution is -0.159. The molecule has 4 heteroatoms. The zero-order valence-electron chi connectivity index (χ0n) is 8.27. The number of benzene rings is 1. The van der Waals surface area contributed by atoms with Gasteiger partial charge < -0.3 is 4.74 Å². The predicted molar refractivity (Wildman–Crippen MR) is 56.4 cm³/mol. The summed E-state index contributed by atoms with van der Waals surface area (Å²) in [6.45, 7) is 1.61. The van der Waals surface area contributed by atoms with Crippen molar-refractivity contribution in [3.05, 3.63) is 35.9 Å². The van der Waals surface area contributed by atoms with Crippen molar-refractivity contribution < 1.29 is 14.3 Å². The van der Waals surface area contributed by atoms with Crippen molar-refractivity contribution in [1.82, 2.24) is 0 Å². The van der Waals surface area contributed by atoms with Gasteiger partial charge in [-0.3, -0.25) is 4.79 Å². The van der Waals surface area contributed by atoms with Crippen LogP contribution in [-0.2, 0) is 14.3 Å². The summed E-state index contributed by atoms with van der Waals surface area (Å²) in [5.74, 6) is -1.30. The van der Waals surface area contributed by atoms with E-state index in [0.29, 0.717) is 5.56 Å². The molecule has 1 rings (SSSR count). The third-order valence-corrected chi connectivity index (χ3v) is 2.23. The van der Waals surface area contributed by atoms with Crippen LogP contribution in [0.1, 0.15) is 24.3 Å². The fraction of sp³-hybridized carbons (Fsp3) is 0.273. The van der Waals surface area contributed by atoms with Gasteiger partial charge in [-0.2, -0.15) is 0 Å². The molecule has 1 atom stereocenters. The Morgan fingerprint density at radius 1 is 1.33 bits per heavy atom. The summed E-state index contributed by atoms with van der Waals surface area (Å²) >= 11 is 5.83. The molecule has 0 aliphatic heterocycles. The Labute approximate surface area is 93.0 Å². The Bertz CT molecular complexity index is 348. The van der Waals surface area contributed by atoms with E-state index in [-0.39, 0.29) is 6.42 Å². The van der Waals surface area contributed by atoms with Crippen LogP contribution in [0.5, 0.6) is 0 Å². The van der Waals surface area contributed by atoms with Gasteiger partial charge in [0, 0.05) is 6.42 Å². The minimum absolute atomic E-state index is 0.157. The van der Waals surface area contributed by atoms with Crippen molar-refractivity contribution in [2.45, 2.75) is 18.7 Å². The van der Waals surface area contributed by atoms with E-state index in [4.69, 9.17) is 11.6 Å². The van der Waals surface area contributed by atoms with Crippen molar-refractivity contribution in [3.8, 4) is 0 Å². The zero-order chi connectivity index (χ0) is 11.3. The Morgan fingerprint density at radius 3 is 2.47 bits per heavy atom. The van der Waals surface area contributed by atoms with Gasteiger partial charge in [0.1, 0.15) is 0 Å².